The van der Waals surface area contributed by atoms with Crippen LogP contribution in [0.25, 0.3) is 0 Å². The van der Waals surface area contributed by atoms with Crippen LogP contribution in [-0.4, -0.2) is 28.3 Å². The zero-order valence-corrected chi connectivity index (χ0v) is 19.1. The van der Waals surface area contributed by atoms with Crippen molar-refractivity contribution in [2.24, 2.45) is 0 Å². The Morgan fingerprint density at radius 2 is 1.67 bits per heavy atom. The molecule has 162 valence electrons. The molecule has 2 rings (SSSR count). The van der Waals surface area contributed by atoms with Gasteiger partial charge in [-0.3, -0.25) is 9.59 Å². The molecule has 0 heterocycles. The van der Waals surface area contributed by atoms with Gasteiger partial charge >= 0.3 is 0 Å². The molecule has 0 saturated heterocycles. The lowest BCUT2D eigenvalue weighted by Crippen LogP contribution is -2.53. The van der Waals surface area contributed by atoms with Crippen molar-refractivity contribution in [2.45, 2.75) is 58.7 Å². The minimum Gasteiger partial charge on any atom is -0.350 e. The maximum Gasteiger partial charge on any atom is 0.243 e. The zero-order chi connectivity index (χ0) is 22.5. The topological polar surface area (TPSA) is 49.4 Å². The molecule has 7 heteroatoms. The summed E-state index contributed by atoms with van der Waals surface area (Å²) in [6, 6.07) is 10.4. The number of amides is 2. The van der Waals surface area contributed by atoms with Gasteiger partial charge < -0.3 is 10.2 Å². The number of nitrogens with one attached hydrogen (secondary N) is 1. The largest absolute Gasteiger partial charge is 0.350 e. The van der Waals surface area contributed by atoms with Crippen molar-refractivity contribution in [3.8, 4) is 0 Å². The lowest BCUT2D eigenvalue weighted by Gasteiger charge is -2.33. The predicted octanol–water partition coefficient (Wildman–Crippen LogP) is 5.40. The van der Waals surface area contributed by atoms with Gasteiger partial charge in [0.15, 0.2) is 0 Å². The lowest BCUT2D eigenvalue weighted by atomic mass is 10.0. The second-order valence-electron chi connectivity index (χ2n) is 8.15. The molecule has 1 unspecified atom stereocenters. The van der Waals surface area contributed by atoms with Crippen LogP contribution in [0.2, 0.25) is 10.0 Å². The van der Waals surface area contributed by atoms with Gasteiger partial charge in [0, 0.05) is 27.7 Å². The Hall–Kier alpha value is -2.11. The number of hydrogen-bond donors (Lipinski definition) is 1. The van der Waals surface area contributed by atoms with E-state index in [1.165, 1.54) is 11.0 Å². The van der Waals surface area contributed by atoms with E-state index >= 15 is 0 Å². The number of carbonyl (C=O) groups is 2. The average molecular weight is 453 g/mol. The second kappa shape index (κ2) is 10.3. The van der Waals surface area contributed by atoms with Crippen molar-refractivity contribution in [2.75, 3.05) is 0 Å². The van der Waals surface area contributed by atoms with Crippen LogP contribution in [0.5, 0.6) is 0 Å². The summed E-state index contributed by atoms with van der Waals surface area (Å²) < 4.78 is 14.1. The molecule has 2 aromatic rings. The number of hydrogen-bond acceptors (Lipinski definition) is 2. The Bertz CT molecular complexity index is 892. The maximum absolute atomic E-state index is 14.1. The van der Waals surface area contributed by atoms with Crippen LogP contribution in [0.3, 0.4) is 0 Å². The summed E-state index contributed by atoms with van der Waals surface area (Å²) >= 11 is 12.6. The number of carbonyl (C=O) groups excluding carboxylic acids is 2. The van der Waals surface area contributed by atoms with Gasteiger partial charge in [0.2, 0.25) is 11.8 Å². The van der Waals surface area contributed by atoms with Crippen LogP contribution < -0.4 is 5.32 Å². The summed E-state index contributed by atoms with van der Waals surface area (Å²) in [6.45, 7) is 7.47. The molecule has 0 aliphatic heterocycles. The number of halogens is 3. The van der Waals surface area contributed by atoms with Gasteiger partial charge in [0.1, 0.15) is 11.9 Å². The summed E-state index contributed by atoms with van der Waals surface area (Å²) in [5.74, 6) is -1.13. The molecule has 0 aliphatic carbocycles. The molecule has 0 spiro atoms. The first-order valence-electron chi connectivity index (χ1n) is 9.81. The van der Waals surface area contributed by atoms with Crippen molar-refractivity contribution >= 4 is 35.0 Å². The number of benzene rings is 2. The van der Waals surface area contributed by atoms with Gasteiger partial charge in [-0.15, -0.1) is 0 Å². The van der Waals surface area contributed by atoms with Gasteiger partial charge in [-0.1, -0.05) is 54.4 Å². The minimum atomic E-state index is -0.754. The van der Waals surface area contributed by atoms with Crippen LogP contribution in [0, 0.1) is 5.82 Å². The first-order valence-corrected chi connectivity index (χ1v) is 10.6. The lowest BCUT2D eigenvalue weighted by molar-refractivity contribution is -0.141. The fraction of sp³-hybridized carbons (Fsp3) is 0.391. The molecule has 0 aliphatic rings. The van der Waals surface area contributed by atoms with Gasteiger partial charge in [-0.2, -0.15) is 0 Å². The standard InChI is InChI=1S/C23H27Cl2FN2O2/c1-5-20(22(30)27-23(2,3)4)28(14-16-17(24)10-8-11-18(16)25)21(29)13-15-9-6-7-12-19(15)26/h6-12,20H,5,13-14H2,1-4H3,(H,27,30). The summed E-state index contributed by atoms with van der Waals surface area (Å²) in [6.07, 6.45) is 0.209. The normalized spacial score (nSPS) is 12.4. The number of nitrogens with zero attached hydrogens (tertiary/aromatic N) is 1. The smallest absolute Gasteiger partial charge is 0.243 e. The zero-order valence-electron chi connectivity index (χ0n) is 17.6. The predicted molar refractivity (Wildman–Crippen MR) is 119 cm³/mol. The van der Waals surface area contributed by atoms with Crippen LogP contribution in [0.1, 0.15) is 45.2 Å². The molecule has 0 bridgehead atoms. The first-order chi connectivity index (χ1) is 14.0. The van der Waals surface area contributed by atoms with E-state index in [-0.39, 0.29) is 30.3 Å². The van der Waals surface area contributed by atoms with E-state index < -0.39 is 17.4 Å². The van der Waals surface area contributed by atoms with E-state index in [2.05, 4.69) is 5.32 Å². The maximum atomic E-state index is 14.1. The summed E-state index contributed by atoms with van der Waals surface area (Å²) in [7, 11) is 0. The van der Waals surface area contributed by atoms with Gasteiger partial charge in [-0.05, 0) is 51.0 Å². The van der Waals surface area contributed by atoms with E-state index in [9.17, 15) is 14.0 Å². The SMILES string of the molecule is CCC(C(=O)NC(C)(C)C)N(Cc1c(Cl)cccc1Cl)C(=O)Cc1ccccc1F. The van der Waals surface area contributed by atoms with Crippen molar-refractivity contribution in [1.82, 2.24) is 10.2 Å². The molecule has 0 aromatic heterocycles. The first kappa shape index (κ1) is 24.2. The molecule has 2 aromatic carbocycles. The Morgan fingerprint density at radius 3 is 2.20 bits per heavy atom. The third-order valence-electron chi connectivity index (χ3n) is 4.57. The molecule has 1 atom stereocenters. The van der Waals surface area contributed by atoms with Crippen molar-refractivity contribution in [1.29, 1.82) is 0 Å². The van der Waals surface area contributed by atoms with E-state index in [1.54, 1.807) is 36.4 Å². The average Bonchev–Trinajstić information content (AvgIpc) is 2.64. The molecule has 0 radical (unpaired) electrons. The Morgan fingerprint density at radius 1 is 1.07 bits per heavy atom. The molecule has 0 saturated carbocycles. The highest BCUT2D eigenvalue weighted by atomic mass is 35.5. The van der Waals surface area contributed by atoms with E-state index in [0.717, 1.165) is 0 Å². The van der Waals surface area contributed by atoms with Crippen LogP contribution >= 0.6 is 23.2 Å². The minimum absolute atomic E-state index is 0.0435. The quantitative estimate of drug-likeness (QED) is 0.611. The summed E-state index contributed by atoms with van der Waals surface area (Å²) in [4.78, 5) is 27.7. The van der Waals surface area contributed by atoms with E-state index in [1.807, 2.05) is 27.7 Å². The molecular weight excluding hydrogens is 426 g/mol. The van der Waals surface area contributed by atoms with E-state index in [0.29, 0.717) is 22.0 Å². The third kappa shape index (κ3) is 6.44. The van der Waals surface area contributed by atoms with Gasteiger partial charge in [-0.25, -0.2) is 4.39 Å². The third-order valence-corrected chi connectivity index (χ3v) is 5.28. The molecule has 4 nitrogen and oxygen atoms in total. The highest BCUT2D eigenvalue weighted by Crippen LogP contribution is 2.27. The molecule has 30 heavy (non-hydrogen) atoms. The Kier molecular flexibility index (Phi) is 8.27. The van der Waals surface area contributed by atoms with Crippen LogP contribution in [-0.2, 0) is 22.6 Å². The summed E-state index contributed by atoms with van der Waals surface area (Å²) in [5.41, 5.74) is 0.348. The van der Waals surface area contributed by atoms with Gasteiger partial charge in [0.05, 0.1) is 6.42 Å². The van der Waals surface area contributed by atoms with Crippen molar-refractivity contribution in [3.05, 3.63) is 69.5 Å². The Labute approximate surface area is 187 Å². The summed E-state index contributed by atoms with van der Waals surface area (Å²) in [5, 5.41) is 3.72. The second-order valence-corrected chi connectivity index (χ2v) is 8.97. The highest BCUT2D eigenvalue weighted by molar-refractivity contribution is 6.36. The highest BCUT2D eigenvalue weighted by Gasteiger charge is 2.31. The Balaban J connectivity index is 2.41. The van der Waals surface area contributed by atoms with Gasteiger partial charge in [0.25, 0.3) is 0 Å². The molecule has 2 amide bonds. The van der Waals surface area contributed by atoms with Crippen LogP contribution in [0.4, 0.5) is 4.39 Å². The van der Waals surface area contributed by atoms with Crippen molar-refractivity contribution in [3.63, 3.8) is 0 Å². The molecule has 1 N–H and O–H groups in total. The van der Waals surface area contributed by atoms with Crippen molar-refractivity contribution < 1.29 is 14.0 Å². The van der Waals surface area contributed by atoms with Crippen LogP contribution in [0.15, 0.2) is 42.5 Å². The number of rotatable bonds is 7. The fourth-order valence-electron chi connectivity index (χ4n) is 3.13. The van der Waals surface area contributed by atoms with E-state index in [4.69, 9.17) is 23.2 Å². The molecular formula is C23H27Cl2FN2O2. The fourth-order valence-corrected chi connectivity index (χ4v) is 3.65. The monoisotopic (exact) mass is 452 g/mol. The molecule has 0 fully saturated rings.